The summed E-state index contributed by atoms with van der Waals surface area (Å²) in [6.07, 6.45) is 6.65. The molecular formula is C15H23N5O2. The average Bonchev–Trinajstić information content (AvgIpc) is 2.95. The zero-order chi connectivity index (χ0) is 15.6. The van der Waals surface area contributed by atoms with Gasteiger partial charge in [-0.05, 0) is 25.3 Å². The molecule has 1 unspecified atom stereocenters. The molecule has 22 heavy (non-hydrogen) atoms. The van der Waals surface area contributed by atoms with Gasteiger partial charge in [0, 0.05) is 19.3 Å². The van der Waals surface area contributed by atoms with Crippen molar-refractivity contribution in [3.63, 3.8) is 0 Å². The number of nitrogens with one attached hydrogen (secondary N) is 1. The van der Waals surface area contributed by atoms with Crippen LogP contribution in [0.1, 0.15) is 38.5 Å². The van der Waals surface area contributed by atoms with Crippen LogP contribution >= 0.6 is 0 Å². The molecule has 0 radical (unpaired) electrons. The maximum atomic E-state index is 11.9. The predicted octanol–water partition coefficient (Wildman–Crippen LogP) is 0.648. The minimum Gasteiger partial charge on any atom is -0.391 e. The topological polar surface area (TPSA) is 104 Å². The van der Waals surface area contributed by atoms with Crippen LogP contribution in [0, 0.1) is 0 Å². The Balaban J connectivity index is 1.78. The van der Waals surface area contributed by atoms with Gasteiger partial charge in [0.25, 0.3) is 0 Å². The molecule has 7 nitrogen and oxygen atoms in total. The van der Waals surface area contributed by atoms with Gasteiger partial charge >= 0.3 is 0 Å². The van der Waals surface area contributed by atoms with Crippen molar-refractivity contribution in [2.75, 3.05) is 23.3 Å². The van der Waals surface area contributed by atoms with Crippen molar-refractivity contribution in [3.8, 4) is 0 Å². The number of amides is 1. The zero-order valence-electron chi connectivity index (χ0n) is 12.7. The molecule has 1 aromatic heterocycles. The zero-order valence-corrected chi connectivity index (χ0v) is 12.7. The summed E-state index contributed by atoms with van der Waals surface area (Å²) in [4.78, 5) is 22.7. The van der Waals surface area contributed by atoms with E-state index in [0.29, 0.717) is 12.5 Å². The fourth-order valence-corrected chi connectivity index (χ4v) is 3.34. The summed E-state index contributed by atoms with van der Waals surface area (Å²) in [5, 5.41) is 12.8. The summed E-state index contributed by atoms with van der Waals surface area (Å²) in [5.74, 6) is 0.863. The van der Waals surface area contributed by atoms with Crippen LogP contribution in [0.25, 0.3) is 0 Å². The van der Waals surface area contributed by atoms with Crippen LogP contribution in [0.4, 0.5) is 11.8 Å². The number of rotatable bonds is 4. The van der Waals surface area contributed by atoms with E-state index in [1.165, 1.54) is 0 Å². The number of aliphatic hydroxyl groups is 1. The van der Waals surface area contributed by atoms with E-state index in [0.717, 1.165) is 50.9 Å². The molecule has 2 heterocycles. The van der Waals surface area contributed by atoms with Crippen molar-refractivity contribution in [2.45, 2.75) is 50.2 Å². The Hall–Kier alpha value is -1.89. The van der Waals surface area contributed by atoms with E-state index in [4.69, 9.17) is 5.73 Å². The van der Waals surface area contributed by atoms with Crippen LogP contribution in [0.5, 0.6) is 0 Å². The molecular weight excluding hydrogens is 282 g/mol. The van der Waals surface area contributed by atoms with Crippen molar-refractivity contribution in [1.29, 1.82) is 0 Å². The molecule has 120 valence electrons. The fourth-order valence-electron chi connectivity index (χ4n) is 3.34. The second-order valence-electron chi connectivity index (χ2n) is 6.26. The van der Waals surface area contributed by atoms with Crippen LogP contribution in [0.2, 0.25) is 0 Å². The Bertz CT molecular complexity index is 544. The number of hydrogen-bond acceptors (Lipinski definition) is 6. The minimum absolute atomic E-state index is 0.304. The average molecular weight is 305 g/mol. The monoisotopic (exact) mass is 305 g/mol. The highest BCUT2D eigenvalue weighted by Crippen LogP contribution is 2.31. The molecule has 0 spiro atoms. The van der Waals surface area contributed by atoms with E-state index in [-0.39, 0.29) is 12.0 Å². The van der Waals surface area contributed by atoms with E-state index >= 15 is 0 Å². The van der Waals surface area contributed by atoms with Crippen molar-refractivity contribution in [1.82, 2.24) is 9.97 Å². The van der Waals surface area contributed by atoms with Gasteiger partial charge in [-0.3, -0.25) is 4.79 Å². The summed E-state index contributed by atoms with van der Waals surface area (Å²) in [6.45, 7) is 1.36. The van der Waals surface area contributed by atoms with Crippen molar-refractivity contribution in [2.24, 2.45) is 5.73 Å². The van der Waals surface area contributed by atoms with Crippen LogP contribution in [0.15, 0.2) is 12.3 Å². The van der Waals surface area contributed by atoms with Crippen LogP contribution in [-0.4, -0.2) is 45.7 Å². The lowest BCUT2D eigenvalue weighted by atomic mass is 9.81. The number of nitrogens with two attached hydrogens (primary N) is 1. The second kappa shape index (κ2) is 6.08. The maximum absolute atomic E-state index is 11.9. The van der Waals surface area contributed by atoms with Gasteiger partial charge in [0.1, 0.15) is 11.4 Å². The first kappa shape index (κ1) is 15.0. The van der Waals surface area contributed by atoms with Crippen LogP contribution < -0.4 is 16.0 Å². The number of nitrogens with zero attached hydrogens (tertiary/aromatic N) is 3. The molecule has 0 aromatic carbocycles. The van der Waals surface area contributed by atoms with Gasteiger partial charge in [-0.2, -0.15) is 4.98 Å². The third-order valence-electron chi connectivity index (χ3n) is 4.66. The van der Waals surface area contributed by atoms with Gasteiger partial charge < -0.3 is 21.1 Å². The van der Waals surface area contributed by atoms with Gasteiger partial charge in [0.15, 0.2) is 0 Å². The van der Waals surface area contributed by atoms with Gasteiger partial charge in [-0.1, -0.05) is 19.3 Å². The molecule has 3 rings (SSSR count). The Kier molecular flexibility index (Phi) is 4.15. The molecule has 2 fully saturated rings. The van der Waals surface area contributed by atoms with Crippen molar-refractivity contribution in [3.05, 3.63) is 12.3 Å². The summed E-state index contributed by atoms with van der Waals surface area (Å²) in [6, 6.07) is 1.82. The molecule has 1 saturated carbocycles. The van der Waals surface area contributed by atoms with Gasteiger partial charge in [0.05, 0.1) is 6.10 Å². The largest absolute Gasteiger partial charge is 0.391 e. The molecule has 4 N–H and O–H groups in total. The Morgan fingerprint density at radius 3 is 2.82 bits per heavy atom. The summed E-state index contributed by atoms with van der Waals surface area (Å²) >= 11 is 0. The number of carbonyl (C=O) groups is 1. The third-order valence-corrected chi connectivity index (χ3v) is 4.66. The number of hydrogen-bond donors (Lipinski definition) is 3. The first-order valence-corrected chi connectivity index (χ1v) is 7.93. The molecule has 1 atom stereocenters. The molecule has 1 aromatic rings. The number of aliphatic hydroxyl groups excluding tert-OH is 1. The molecule has 1 aliphatic carbocycles. The van der Waals surface area contributed by atoms with Crippen LogP contribution in [0.3, 0.4) is 0 Å². The van der Waals surface area contributed by atoms with E-state index in [2.05, 4.69) is 15.3 Å². The fraction of sp³-hybridized carbons (Fsp3) is 0.667. The highest BCUT2D eigenvalue weighted by molar-refractivity contribution is 5.87. The number of anilines is 2. The number of β-amino-alcohol motifs (C(OH)–C–C–N with tert-alkyl or cyclic N) is 1. The van der Waals surface area contributed by atoms with Gasteiger partial charge in [-0.25, -0.2) is 4.98 Å². The Morgan fingerprint density at radius 2 is 2.18 bits per heavy atom. The van der Waals surface area contributed by atoms with Gasteiger partial charge in [0.2, 0.25) is 11.9 Å². The number of primary amides is 1. The van der Waals surface area contributed by atoms with E-state index < -0.39 is 5.54 Å². The van der Waals surface area contributed by atoms with E-state index in [1.807, 2.05) is 11.0 Å². The lowest BCUT2D eigenvalue weighted by molar-refractivity contribution is -0.123. The quantitative estimate of drug-likeness (QED) is 0.754. The van der Waals surface area contributed by atoms with Crippen LogP contribution in [-0.2, 0) is 4.79 Å². The number of carbonyl (C=O) groups excluding carboxylic acids is 1. The van der Waals surface area contributed by atoms with Crippen molar-refractivity contribution >= 4 is 17.7 Å². The first-order valence-electron chi connectivity index (χ1n) is 7.93. The molecule has 0 bridgehead atoms. The minimum atomic E-state index is -0.735. The highest BCUT2D eigenvalue weighted by atomic mass is 16.3. The lowest BCUT2D eigenvalue weighted by Crippen LogP contribution is -2.52. The Morgan fingerprint density at radius 1 is 1.41 bits per heavy atom. The molecule has 1 saturated heterocycles. The number of aromatic nitrogens is 2. The SMILES string of the molecule is NC(=O)C1(Nc2nccc(N3CCC(O)C3)n2)CCCCC1. The lowest BCUT2D eigenvalue weighted by Gasteiger charge is -2.35. The molecule has 2 aliphatic rings. The summed E-state index contributed by atoms with van der Waals surface area (Å²) < 4.78 is 0. The van der Waals surface area contributed by atoms with Gasteiger partial charge in [-0.15, -0.1) is 0 Å². The normalized spacial score (nSPS) is 24.2. The van der Waals surface area contributed by atoms with E-state index in [1.54, 1.807) is 6.20 Å². The van der Waals surface area contributed by atoms with E-state index in [9.17, 15) is 9.90 Å². The maximum Gasteiger partial charge on any atom is 0.243 e. The Labute approximate surface area is 129 Å². The molecule has 1 amide bonds. The standard InChI is InChI=1S/C15H23N5O2/c16-13(22)15(6-2-1-3-7-15)19-14-17-8-4-12(18-14)20-9-5-11(21)10-20/h4,8,11,21H,1-3,5-7,9-10H2,(H2,16,22)(H,17,18,19). The second-order valence-corrected chi connectivity index (χ2v) is 6.26. The highest BCUT2D eigenvalue weighted by Gasteiger charge is 2.38. The first-order chi connectivity index (χ1) is 10.6. The van der Waals surface area contributed by atoms with Crippen molar-refractivity contribution < 1.29 is 9.90 Å². The smallest absolute Gasteiger partial charge is 0.243 e. The molecule has 7 heteroatoms. The predicted molar refractivity (Wildman–Crippen MR) is 83.5 cm³/mol. The summed E-state index contributed by atoms with van der Waals surface area (Å²) in [5.41, 5.74) is 4.89. The molecule has 1 aliphatic heterocycles. The third kappa shape index (κ3) is 2.99. The summed E-state index contributed by atoms with van der Waals surface area (Å²) in [7, 11) is 0.